The van der Waals surface area contributed by atoms with E-state index >= 15 is 0 Å². The molecule has 1 aliphatic rings. The Kier molecular flexibility index (Phi) is 5.43. The molecule has 0 saturated carbocycles. The molecule has 1 amide bonds. The predicted molar refractivity (Wildman–Crippen MR) is 60.3 cm³/mol. The molecule has 1 saturated heterocycles. The summed E-state index contributed by atoms with van der Waals surface area (Å²) in [5.74, 6) is -0.0721. The number of piperazine rings is 1. The number of carbonyl (C=O) groups excluding carboxylic acids is 2. The van der Waals surface area contributed by atoms with Crippen molar-refractivity contribution in [1.29, 1.82) is 5.26 Å². The molecule has 1 heterocycles. The molecule has 6 heteroatoms. The normalized spacial score (nSPS) is 16.4. The molecule has 1 rings (SSSR count). The lowest BCUT2D eigenvalue weighted by molar-refractivity contribution is -0.119. The van der Waals surface area contributed by atoms with Crippen molar-refractivity contribution in [1.82, 2.24) is 9.80 Å². The standard InChI is InChI=1S/C11H17N3O3/c1-2-17-11(16)14-7-5-13(6-8-14)9-10(15)3-4-12/h2-3,5-9H2,1H3. The van der Waals surface area contributed by atoms with Gasteiger partial charge in [0.25, 0.3) is 0 Å². The molecule has 0 aromatic rings. The second-order valence-electron chi connectivity index (χ2n) is 3.84. The van der Waals surface area contributed by atoms with E-state index in [0.717, 1.165) is 0 Å². The van der Waals surface area contributed by atoms with Crippen LogP contribution >= 0.6 is 0 Å². The smallest absolute Gasteiger partial charge is 0.409 e. The lowest BCUT2D eigenvalue weighted by Crippen LogP contribution is -2.50. The molecule has 0 atom stereocenters. The maximum absolute atomic E-state index is 11.4. The summed E-state index contributed by atoms with van der Waals surface area (Å²) in [6.45, 7) is 4.88. The minimum Gasteiger partial charge on any atom is -0.450 e. The van der Waals surface area contributed by atoms with Crippen LogP contribution < -0.4 is 0 Å². The van der Waals surface area contributed by atoms with Crippen LogP contribution in [-0.4, -0.2) is 61.0 Å². The second-order valence-corrected chi connectivity index (χ2v) is 3.84. The number of Topliss-reactive ketones (excluding diaryl/α,β-unsaturated/α-hetero) is 1. The Morgan fingerprint density at radius 2 is 1.94 bits per heavy atom. The molecule has 1 aliphatic heterocycles. The largest absolute Gasteiger partial charge is 0.450 e. The van der Waals surface area contributed by atoms with Crippen LogP contribution in [0.2, 0.25) is 0 Å². The molecule has 0 N–H and O–H groups in total. The summed E-state index contributed by atoms with van der Waals surface area (Å²) in [5.41, 5.74) is 0. The van der Waals surface area contributed by atoms with E-state index in [1.54, 1.807) is 11.8 Å². The summed E-state index contributed by atoms with van der Waals surface area (Å²) in [6, 6.07) is 1.84. The van der Waals surface area contributed by atoms with Crippen LogP contribution in [0.3, 0.4) is 0 Å². The Labute approximate surface area is 101 Å². The van der Waals surface area contributed by atoms with E-state index in [1.165, 1.54) is 0 Å². The molecule has 0 unspecified atom stereocenters. The molecule has 1 fully saturated rings. The first-order chi connectivity index (χ1) is 8.17. The lowest BCUT2D eigenvalue weighted by Gasteiger charge is -2.33. The van der Waals surface area contributed by atoms with Crippen LogP contribution in [0.1, 0.15) is 13.3 Å². The first-order valence-electron chi connectivity index (χ1n) is 5.70. The average Bonchev–Trinajstić information content (AvgIpc) is 2.30. The van der Waals surface area contributed by atoms with E-state index in [0.29, 0.717) is 39.3 Å². The van der Waals surface area contributed by atoms with Gasteiger partial charge < -0.3 is 9.64 Å². The first kappa shape index (κ1) is 13.5. The summed E-state index contributed by atoms with van der Waals surface area (Å²) >= 11 is 0. The highest BCUT2D eigenvalue weighted by Gasteiger charge is 2.22. The van der Waals surface area contributed by atoms with Crippen LogP contribution in [0.5, 0.6) is 0 Å². The summed E-state index contributed by atoms with van der Waals surface area (Å²) in [4.78, 5) is 26.3. The quantitative estimate of drug-likeness (QED) is 0.702. The Morgan fingerprint density at radius 3 is 2.47 bits per heavy atom. The molecule has 0 radical (unpaired) electrons. The zero-order chi connectivity index (χ0) is 12.7. The molecule has 0 bridgehead atoms. The molecular formula is C11H17N3O3. The van der Waals surface area contributed by atoms with Crippen molar-refractivity contribution in [3.05, 3.63) is 0 Å². The highest BCUT2D eigenvalue weighted by atomic mass is 16.6. The Balaban J connectivity index is 2.28. The van der Waals surface area contributed by atoms with E-state index in [4.69, 9.17) is 10.00 Å². The molecule has 17 heavy (non-hydrogen) atoms. The maximum atomic E-state index is 11.4. The van der Waals surface area contributed by atoms with Crippen LogP contribution in [0.15, 0.2) is 0 Å². The zero-order valence-corrected chi connectivity index (χ0v) is 10.0. The number of hydrogen-bond donors (Lipinski definition) is 0. The summed E-state index contributed by atoms with van der Waals surface area (Å²) in [5, 5.41) is 8.38. The molecule has 0 aromatic heterocycles. The minimum absolute atomic E-state index is 0.0436. The fraction of sp³-hybridized carbons (Fsp3) is 0.727. The van der Waals surface area contributed by atoms with Gasteiger partial charge in [-0.05, 0) is 6.92 Å². The summed E-state index contributed by atoms with van der Waals surface area (Å²) in [7, 11) is 0. The number of amides is 1. The summed E-state index contributed by atoms with van der Waals surface area (Å²) < 4.78 is 4.89. The number of rotatable bonds is 4. The number of ketones is 1. The van der Waals surface area contributed by atoms with Crippen molar-refractivity contribution < 1.29 is 14.3 Å². The highest BCUT2D eigenvalue weighted by Crippen LogP contribution is 2.04. The molecule has 0 aliphatic carbocycles. The van der Waals surface area contributed by atoms with Crippen LogP contribution in [-0.2, 0) is 9.53 Å². The van der Waals surface area contributed by atoms with Gasteiger partial charge in [-0.25, -0.2) is 4.79 Å². The van der Waals surface area contributed by atoms with Gasteiger partial charge in [-0.15, -0.1) is 0 Å². The van der Waals surface area contributed by atoms with Crippen LogP contribution in [0, 0.1) is 11.3 Å². The topological polar surface area (TPSA) is 73.6 Å². The van der Waals surface area contributed by atoms with Crippen molar-refractivity contribution in [3.8, 4) is 6.07 Å². The van der Waals surface area contributed by atoms with E-state index < -0.39 is 0 Å². The fourth-order valence-electron chi connectivity index (χ4n) is 1.70. The second kappa shape index (κ2) is 6.86. The lowest BCUT2D eigenvalue weighted by atomic mass is 10.2. The van der Waals surface area contributed by atoms with Crippen molar-refractivity contribution in [3.63, 3.8) is 0 Å². The van der Waals surface area contributed by atoms with Gasteiger partial charge >= 0.3 is 6.09 Å². The Hall–Kier alpha value is -1.61. The number of carbonyl (C=O) groups is 2. The van der Waals surface area contributed by atoms with Gasteiger partial charge in [0, 0.05) is 26.2 Å². The van der Waals surface area contributed by atoms with Crippen LogP contribution in [0.25, 0.3) is 0 Å². The number of nitrogens with zero attached hydrogens (tertiary/aromatic N) is 3. The van der Waals surface area contributed by atoms with Gasteiger partial charge in [-0.1, -0.05) is 0 Å². The van der Waals surface area contributed by atoms with E-state index in [1.807, 2.05) is 11.0 Å². The van der Waals surface area contributed by atoms with Crippen molar-refractivity contribution in [2.24, 2.45) is 0 Å². The third-order valence-electron chi connectivity index (χ3n) is 2.57. The fourth-order valence-corrected chi connectivity index (χ4v) is 1.70. The number of ether oxygens (including phenoxy) is 1. The van der Waals surface area contributed by atoms with Gasteiger partial charge in [-0.2, -0.15) is 5.26 Å². The van der Waals surface area contributed by atoms with Crippen molar-refractivity contribution >= 4 is 11.9 Å². The number of nitriles is 1. The van der Waals surface area contributed by atoms with E-state index in [-0.39, 0.29) is 18.3 Å². The first-order valence-corrected chi connectivity index (χ1v) is 5.70. The SMILES string of the molecule is CCOC(=O)N1CCN(CC(=O)CC#N)CC1. The average molecular weight is 239 g/mol. The minimum atomic E-state index is -0.296. The molecule has 0 spiro atoms. The van der Waals surface area contributed by atoms with Crippen LogP contribution in [0.4, 0.5) is 4.79 Å². The Morgan fingerprint density at radius 1 is 1.29 bits per heavy atom. The molecule has 0 aromatic carbocycles. The summed E-state index contributed by atoms with van der Waals surface area (Å²) in [6.07, 6.45) is -0.339. The number of hydrogen-bond acceptors (Lipinski definition) is 5. The van der Waals surface area contributed by atoms with Gasteiger partial charge in [0.15, 0.2) is 5.78 Å². The third-order valence-corrected chi connectivity index (χ3v) is 2.57. The van der Waals surface area contributed by atoms with E-state index in [9.17, 15) is 9.59 Å². The third kappa shape index (κ3) is 4.41. The highest BCUT2D eigenvalue weighted by molar-refractivity contribution is 5.82. The van der Waals surface area contributed by atoms with Crippen molar-refractivity contribution in [2.75, 3.05) is 39.3 Å². The Bertz CT molecular complexity index is 316. The zero-order valence-electron chi connectivity index (χ0n) is 10.0. The van der Waals surface area contributed by atoms with Gasteiger partial charge in [0.05, 0.1) is 25.6 Å². The molecular weight excluding hydrogens is 222 g/mol. The van der Waals surface area contributed by atoms with Crippen molar-refractivity contribution in [2.45, 2.75) is 13.3 Å². The van der Waals surface area contributed by atoms with Gasteiger partial charge in [-0.3, -0.25) is 9.69 Å². The van der Waals surface area contributed by atoms with Gasteiger partial charge in [0.2, 0.25) is 0 Å². The monoisotopic (exact) mass is 239 g/mol. The van der Waals surface area contributed by atoms with Gasteiger partial charge in [0.1, 0.15) is 0 Å². The maximum Gasteiger partial charge on any atom is 0.409 e. The predicted octanol–water partition coefficient (Wildman–Crippen LogP) is 0.243. The molecule has 94 valence electrons. The molecule has 6 nitrogen and oxygen atoms in total. The van der Waals surface area contributed by atoms with E-state index in [2.05, 4.69) is 0 Å².